The number of benzene rings is 1. The average molecular weight is 292 g/mol. The SMILES string of the molecule is Nc1ccccc1NC(=O)CCCOCC1CCOCC1. The van der Waals surface area contributed by atoms with Gasteiger partial charge < -0.3 is 20.5 Å². The molecule has 1 fully saturated rings. The van der Waals surface area contributed by atoms with Gasteiger partial charge in [0.05, 0.1) is 11.4 Å². The lowest BCUT2D eigenvalue weighted by molar-refractivity contribution is -0.116. The van der Waals surface area contributed by atoms with Crippen LogP contribution in [0.5, 0.6) is 0 Å². The van der Waals surface area contributed by atoms with Crippen molar-refractivity contribution in [3.05, 3.63) is 24.3 Å². The second kappa shape index (κ2) is 8.64. The first-order valence-corrected chi connectivity index (χ1v) is 7.55. The van der Waals surface area contributed by atoms with Crippen LogP contribution in [0.25, 0.3) is 0 Å². The van der Waals surface area contributed by atoms with E-state index in [9.17, 15) is 4.79 Å². The highest BCUT2D eigenvalue weighted by molar-refractivity contribution is 5.93. The first-order valence-electron chi connectivity index (χ1n) is 7.55. The van der Waals surface area contributed by atoms with Gasteiger partial charge in [0.2, 0.25) is 5.91 Å². The summed E-state index contributed by atoms with van der Waals surface area (Å²) in [5.74, 6) is 0.583. The second-order valence-electron chi connectivity index (χ2n) is 5.37. The van der Waals surface area contributed by atoms with Crippen LogP contribution < -0.4 is 11.1 Å². The molecule has 1 amide bonds. The highest BCUT2D eigenvalue weighted by Gasteiger charge is 2.13. The van der Waals surface area contributed by atoms with Crippen molar-refractivity contribution in [2.75, 3.05) is 37.5 Å². The lowest BCUT2D eigenvalue weighted by Crippen LogP contribution is -2.20. The summed E-state index contributed by atoms with van der Waals surface area (Å²) in [5, 5.41) is 2.81. The molecule has 1 aliphatic rings. The quantitative estimate of drug-likeness (QED) is 0.598. The molecule has 21 heavy (non-hydrogen) atoms. The zero-order chi connectivity index (χ0) is 14.9. The van der Waals surface area contributed by atoms with E-state index in [2.05, 4.69) is 5.32 Å². The number of nitrogen functional groups attached to an aromatic ring is 1. The van der Waals surface area contributed by atoms with Crippen LogP contribution in [0.3, 0.4) is 0 Å². The van der Waals surface area contributed by atoms with Gasteiger partial charge >= 0.3 is 0 Å². The highest BCUT2D eigenvalue weighted by atomic mass is 16.5. The fourth-order valence-corrected chi connectivity index (χ4v) is 2.32. The minimum absolute atomic E-state index is 0.0254. The molecule has 0 radical (unpaired) electrons. The minimum atomic E-state index is -0.0254. The van der Waals surface area contributed by atoms with E-state index in [-0.39, 0.29) is 5.91 Å². The van der Waals surface area contributed by atoms with Crippen molar-refractivity contribution in [2.24, 2.45) is 5.92 Å². The monoisotopic (exact) mass is 292 g/mol. The zero-order valence-electron chi connectivity index (χ0n) is 12.3. The summed E-state index contributed by atoms with van der Waals surface area (Å²) in [6.45, 7) is 3.08. The van der Waals surface area contributed by atoms with E-state index in [1.807, 2.05) is 12.1 Å². The van der Waals surface area contributed by atoms with Gasteiger partial charge in [0.1, 0.15) is 0 Å². The van der Waals surface area contributed by atoms with E-state index in [4.69, 9.17) is 15.2 Å². The summed E-state index contributed by atoms with van der Waals surface area (Å²) in [4.78, 5) is 11.8. The van der Waals surface area contributed by atoms with Gasteiger partial charge in [0, 0.05) is 32.8 Å². The van der Waals surface area contributed by atoms with Crippen LogP contribution in [-0.2, 0) is 14.3 Å². The van der Waals surface area contributed by atoms with Gasteiger partial charge in [-0.3, -0.25) is 4.79 Å². The van der Waals surface area contributed by atoms with Crippen molar-refractivity contribution in [2.45, 2.75) is 25.7 Å². The topological polar surface area (TPSA) is 73.6 Å². The van der Waals surface area contributed by atoms with Crippen LogP contribution in [0.2, 0.25) is 0 Å². The number of ether oxygens (including phenoxy) is 2. The van der Waals surface area contributed by atoms with Crippen LogP contribution in [0.1, 0.15) is 25.7 Å². The Balaban J connectivity index is 1.56. The van der Waals surface area contributed by atoms with E-state index in [0.29, 0.717) is 30.3 Å². The molecule has 1 aromatic carbocycles. The molecule has 2 rings (SSSR count). The number of hydrogen-bond acceptors (Lipinski definition) is 4. The van der Waals surface area contributed by atoms with Gasteiger partial charge in [-0.05, 0) is 37.3 Å². The number of hydrogen-bond donors (Lipinski definition) is 2. The largest absolute Gasteiger partial charge is 0.397 e. The summed E-state index contributed by atoms with van der Waals surface area (Å²) in [6.07, 6.45) is 3.32. The van der Waals surface area contributed by atoms with E-state index in [0.717, 1.165) is 39.1 Å². The van der Waals surface area contributed by atoms with Gasteiger partial charge in [-0.15, -0.1) is 0 Å². The molecule has 1 aromatic rings. The molecular weight excluding hydrogens is 268 g/mol. The van der Waals surface area contributed by atoms with E-state index in [1.165, 1.54) is 0 Å². The molecule has 5 heteroatoms. The molecule has 0 aromatic heterocycles. The Bertz CT molecular complexity index is 445. The molecule has 0 atom stereocenters. The van der Waals surface area contributed by atoms with E-state index < -0.39 is 0 Å². The summed E-state index contributed by atoms with van der Waals surface area (Å²) < 4.78 is 10.9. The Hall–Kier alpha value is -1.59. The maximum absolute atomic E-state index is 11.8. The fraction of sp³-hybridized carbons (Fsp3) is 0.562. The second-order valence-corrected chi connectivity index (χ2v) is 5.37. The van der Waals surface area contributed by atoms with E-state index >= 15 is 0 Å². The molecule has 0 saturated carbocycles. The molecule has 1 heterocycles. The molecule has 5 nitrogen and oxygen atoms in total. The molecule has 0 unspecified atom stereocenters. The van der Waals surface area contributed by atoms with Crippen LogP contribution in [0, 0.1) is 5.92 Å². The molecule has 116 valence electrons. The van der Waals surface area contributed by atoms with Gasteiger partial charge in [0.15, 0.2) is 0 Å². The van der Waals surface area contributed by atoms with Gasteiger partial charge in [0.25, 0.3) is 0 Å². The number of para-hydroxylation sites is 2. The predicted molar refractivity (Wildman–Crippen MR) is 83.1 cm³/mol. The van der Waals surface area contributed by atoms with Crippen molar-refractivity contribution in [3.8, 4) is 0 Å². The average Bonchev–Trinajstić information content (AvgIpc) is 2.50. The summed E-state index contributed by atoms with van der Waals surface area (Å²) >= 11 is 0. The maximum Gasteiger partial charge on any atom is 0.224 e. The zero-order valence-corrected chi connectivity index (χ0v) is 12.3. The number of rotatable bonds is 7. The van der Waals surface area contributed by atoms with Crippen LogP contribution in [-0.4, -0.2) is 32.3 Å². The van der Waals surface area contributed by atoms with Crippen LogP contribution in [0.4, 0.5) is 11.4 Å². The third-order valence-corrected chi connectivity index (χ3v) is 3.62. The first kappa shape index (κ1) is 15.8. The molecular formula is C16H24N2O3. The Kier molecular flexibility index (Phi) is 6.50. The fourth-order valence-electron chi connectivity index (χ4n) is 2.32. The number of nitrogens with one attached hydrogen (secondary N) is 1. The van der Waals surface area contributed by atoms with Crippen LogP contribution in [0.15, 0.2) is 24.3 Å². The van der Waals surface area contributed by atoms with Crippen molar-refractivity contribution in [1.29, 1.82) is 0 Å². The number of carbonyl (C=O) groups is 1. The molecule has 0 bridgehead atoms. The summed E-state index contributed by atoms with van der Waals surface area (Å²) in [5.41, 5.74) is 7.03. The lowest BCUT2D eigenvalue weighted by Gasteiger charge is -2.21. The molecule has 0 spiro atoms. The van der Waals surface area contributed by atoms with Gasteiger partial charge in [-0.1, -0.05) is 12.1 Å². The van der Waals surface area contributed by atoms with Gasteiger partial charge in [-0.2, -0.15) is 0 Å². The van der Waals surface area contributed by atoms with Crippen LogP contribution >= 0.6 is 0 Å². The highest BCUT2D eigenvalue weighted by Crippen LogP contribution is 2.17. The molecule has 0 aliphatic carbocycles. The standard InChI is InChI=1S/C16H24N2O3/c17-14-4-1-2-5-15(14)18-16(19)6-3-9-21-12-13-7-10-20-11-8-13/h1-2,4-5,13H,3,6-12,17H2,(H,18,19). The van der Waals surface area contributed by atoms with Crippen molar-refractivity contribution in [3.63, 3.8) is 0 Å². The normalized spacial score (nSPS) is 15.8. The first-order chi connectivity index (χ1) is 10.3. The summed E-state index contributed by atoms with van der Waals surface area (Å²) in [7, 11) is 0. The molecule has 1 aliphatic heterocycles. The Labute approximate surface area is 125 Å². The van der Waals surface area contributed by atoms with Crippen molar-refractivity contribution < 1.29 is 14.3 Å². The maximum atomic E-state index is 11.8. The number of amides is 1. The number of nitrogens with two attached hydrogens (primary N) is 1. The smallest absolute Gasteiger partial charge is 0.224 e. The summed E-state index contributed by atoms with van der Waals surface area (Å²) in [6, 6.07) is 7.26. The molecule has 3 N–H and O–H groups in total. The Morgan fingerprint density at radius 1 is 1.33 bits per heavy atom. The van der Waals surface area contributed by atoms with Crippen molar-refractivity contribution in [1.82, 2.24) is 0 Å². The predicted octanol–water partition coefficient (Wildman–Crippen LogP) is 2.43. The Morgan fingerprint density at radius 2 is 2.10 bits per heavy atom. The minimum Gasteiger partial charge on any atom is -0.397 e. The third-order valence-electron chi connectivity index (χ3n) is 3.62. The lowest BCUT2D eigenvalue weighted by atomic mass is 10.0. The molecule has 1 saturated heterocycles. The van der Waals surface area contributed by atoms with Crippen molar-refractivity contribution >= 4 is 17.3 Å². The third kappa shape index (κ3) is 5.73. The van der Waals surface area contributed by atoms with Gasteiger partial charge in [-0.25, -0.2) is 0 Å². The number of anilines is 2. The Morgan fingerprint density at radius 3 is 2.86 bits per heavy atom. The number of carbonyl (C=O) groups excluding carboxylic acids is 1. The van der Waals surface area contributed by atoms with E-state index in [1.54, 1.807) is 12.1 Å².